The topological polar surface area (TPSA) is 124 Å². The van der Waals surface area contributed by atoms with Crippen molar-refractivity contribution in [2.45, 2.75) is 5.22 Å². The van der Waals surface area contributed by atoms with Crippen molar-refractivity contribution in [3.05, 3.63) is 46.0 Å². The molecule has 0 saturated heterocycles. The number of thioether (sulfide) groups is 1. The molecule has 0 spiro atoms. The van der Waals surface area contributed by atoms with E-state index in [0.29, 0.717) is 10.7 Å². The van der Waals surface area contributed by atoms with Crippen LogP contribution in [0.15, 0.2) is 45.5 Å². The van der Waals surface area contributed by atoms with Crippen LogP contribution in [-0.4, -0.2) is 31.8 Å². The molecular weight excluding hydrogens is 354 g/mol. The van der Waals surface area contributed by atoms with Crippen molar-refractivity contribution >= 4 is 39.8 Å². The number of carbonyl (C=O) groups is 1. The van der Waals surface area contributed by atoms with Gasteiger partial charge in [0.1, 0.15) is 0 Å². The molecule has 122 valence electrons. The average Bonchev–Trinajstić information content (AvgIpc) is 3.24. The first-order valence-corrected chi connectivity index (χ1v) is 8.39. The van der Waals surface area contributed by atoms with Crippen LogP contribution in [0.1, 0.15) is 0 Å². The van der Waals surface area contributed by atoms with Crippen LogP contribution in [0, 0.1) is 10.1 Å². The number of nitro groups is 1. The first kappa shape index (κ1) is 16.1. The third-order valence-electron chi connectivity index (χ3n) is 2.74. The molecule has 0 fully saturated rings. The summed E-state index contributed by atoms with van der Waals surface area (Å²) in [6.07, 6.45) is 1.60. The van der Waals surface area contributed by atoms with E-state index in [0.717, 1.165) is 11.8 Å². The second-order valence-corrected chi connectivity index (χ2v) is 6.17. The molecular formula is C13H9N5O4S2. The fraction of sp³-hybridized carbons (Fsp3) is 0.0769. The number of thiazole rings is 1. The van der Waals surface area contributed by atoms with Crippen LogP contribution in [0.5, 0.6) is 0 Å². The summed E-state index contributed by atoms with van der Waals surface area (Å²) in [6, 6.07) is 5.76. The highest BCUT2D eigenvalue weighted by atomic mass is 32.2. The van der Waals surface area contributed by atoms with Crippen molar-refractivity contribution in [2.75, 3.05) is 11.1 Å². The van der Waals surface area contributed by atoms with E-state index in [-0.39, 0.29) is 28.5 Å². The highest BCUT2D eigenvalue weighted by Crippen LogP contribution is 2.25. The monoisotopic (exact) mass is 363 g/mol. The van der Waals surface area contributed by atoms with E-state index in [1.807, 2.05) is 0 Å². The van der Waals surface area contributed by atoms with E-state index in [1.54, 1.807) is 11.6 Å². The number of carbonyl (C=O) groups excluding carboxylic acids is 1. The number of non-ortho nitro benzene ring substituents is 1. The van der Waals surface area contributed by atoms with Crippen molar-refractivity contribution in [2.24, 2.45) is 0 Å². The molecule has 1 amide bonds. The highest BCUT2D eigenvalue weighted by molar-refractivity contribution is 7.99. The Labute approximate surface area is 143 Å². The molecule has 11 heteroatoms. The molecule has 0 bridgehead atoms. The number of rotatable bonds is 6. The van der Waals surface area contributed by atoms with Crippen LogP contribution >= 0.6 is 23.1 Å². The summed E-state index contributed by atoms with van der Waals surface area (Å²) >= 11 is 2.42. The molecule has 24 heavy (non-hydrogen) atoms. The number of hydrogen-bond donors (Lipinski definition) is 1. The summed E-state index contributed by atoms with van der Waals surface area (Å²) < 4.78 is 5.43. The normalized spacial score (nSPS) is 10.5. The van der Waals surface area contributed by atoms with E-state index in [9.17, 15) is 14.9 Å². The molecule has 1 aromatic carbocycles. The van der Waals surface area contributed by atoms with Crippen LogP contribution in [0.3, 0.4) is 0 Å². The van der Waals surface area contributed by atoms with Gasteiger partial charge >= 0.3 is 0 Å². The maximum absolute atomic E-state index is 11.7. The van der Waals surface area contributed by atoms with Gasteiger partial charge in [-0.1, -0.05) is 11.8 Å². The van der Waals surface area contributed by atoms with Gasteiger partial charge in [0.2, 0.25) is 11.8 Å². The SMILES string of the molecule is O=C(CSc1nnc(-c2ccc([N+](=O)[O-])cc2)o1)Nc1nccs1. The lowest BCUT2D eigenvalue weighted by Crippen LogP contribution is -2.13. The van der Waals surface area contributed by atoms with Gasteiger partial charge in [0, 0.05) is 29.3 Å². The zero-order valence-corrected chi connectivity index (χ0v) is 13.5. The minimum atomic E-state index is -0.486. The summed E-state index contributed by atoms with van der Waals surface area (Å²) in [6.45, 7) is 0. The van der Waals surface area contributed by atoms with E-state index in [2.05, 4.69) is 20.5 Å². The predicted octanol–water partition coefficient (Wildman–Crippen LogP) is 2.83. The molecule has 2 heterocycles. The van der Waals surface area contributed by atoms with Crippen LogP contribution in [-0.2, 0) is 4.79 Å². The third kappa shape index (κ3) is 3.94. The molecule has 9 nitrogen and oxygen atoms in total. The van der Waals surface area contributed by atoms with E-state index in [4.69, 9.17) is 4.42 Å². The zero-order valence-electron chi connectivity index (χ0n) is 11.9. The maximum atomic E-state index is 11.7. The van der Waals surface area contributed by atoms with E-state index >= 15 is 0 Å². The minimum Gasteiger partial charge on any atom is -0.411 e. The second-order valence-electron chi connectivity index (χ2n) is 4.35. The van der Waals surface area contributed by atoms with Gasteiger partial charge in [-0.3, -0.25) is 14.9 Å². The van der Waals surface area contributed by atoms with Crippen LogP contribution < -0.4 is 5.32 Å². The Kier molecular flexibility index (Phi) is 4.82. The van der Waals surface area contributed by atoms with E-state index in [1.165, 1.54) is 35.6 Å². The van der Waals surface area contributed by atoms with Crippen LogP contribution in [0.25, 0.3) is 11.5 Å². The number of aromatic nitrogens is 3. The van der Waals surface area contributed by atoms with Gasteiger partial charge in [0.25, 0.3) is 10.9 Å². The van der Waals surface area contributed by atoms with Gasteiger partial charge in [-0.15, -0.1) is 21.5 Å². The fourth-order valence-corrected chi connectivity index (χ4v) is 2.79. The van der Waals surface area contributed by atoms with Crippen LogP contribution in [0.2, 0.25) is 0 Å². The largest absolute Gasteiger partial charge is 0.411 e. The molecule has 3 aromatic rings. The summed E-state index contributed by atoms with van der Waals surface area (Å²) in [5.74, 6) is 0.0966. The number of benzene rings is 1. The molecule has 0 aliphatic rings. The fourth-order valence-electron chi connectivity index (χ4n) is 1.68. The molecule has 3 rings (SSSR count). The highest BCUT2D eigenvalue weighted by Gasteiger charge is 2.13. The molecule has 0 atom stereocenters. The Morgan fingerprint density at radius 2 is 2.12 bits per heavy atom. The van der Waals surface area contributed by atoms with Crippen molar-refractivity contribution in [3.63, 3.8) is 0 Å². The van der Waals surface area contributed by atoms with Crippen molar-refractivity contribution in [1.29, 1.82) is 0 Å². The summed E-state index contributed by atoms with van der Waals surface area (Å²) in [5.41, 5.74) is 0.541. The van der Waals surface area contributed by atoms with Gasteiger partial charge in [-0.05, 0) is 12.1 Å². The molecule has 1 N–H and O–H groups in total. The van der Waals surface area contributed by atoms with Gasteiger partial charge < -0.3 is 9.73 Å². The summed E-state index contributed by atoms with van der Waals surface area (Å²) in [4.78, 5) is 25.8. The summed E-state index contributed by atoms with van der Waals surface area (Å²) in [5, 5.41) is 23.5. The van der Waals surface area contributed by atoms with Crippen molar-refractivity contribution in [1.82, 2.24) is 15.2 Å². The standard InChI is InChI=1S/C13H9N5O4S2/c19-10(15-12-14-5-6-23-12)7-24-13-17-16-11(22-13)8-1-3-9(4-2-8)18(20)21/h1-6H,7H2,(H,14,15,19). The quantitative estimate of drug-likeness (QED) is 0.403. The number of nitro benzene ring substituents is 1. The minimum absolute atomic E-state index is 0.0216. The molecule has 0 unspecified atom stereocenters. The Morgan fingerprint density at radius 3 is 2.79 bits per heavy atom. The molecule has 0 radical (unpaired) electrons. The number of hydrogen-bond acceptors (Lipinski definition) is 9. The number of anilines is 1. The Hall–Kier alpha value is -2.79. The summed E-state index contributed by atoms with van der Waals surface area (Å²) in [7, 11) is 0. The number of nitrogens with zero attached hydrogens (tertiary/aromatic N) is 4. The number of amides is 1. The van der Waals surface area contributed by atoms with Gasteiger partial charge in [0.15, 0.2) is 5.13 Å². The molecule has 0 saturated carbocycles. The maximum Gasteiger partial charge on any atom is 0.277 e. The van der Waals surface area contributed by atoms with Gasteiger partial charge in [-0.25, -0.2) is 4.98 Å². The Bertz CT molecular complexity index is 848. The lowest BCUT2D eigenvalue weighted by Gasteiger charge is -1.98. The first-order chi connectivity index (χ1) is 11.6. The van der Waals surface area contributed by atoms with Gasteiger partial charge in [0.05, 0.1) is 10.7 Å². The molecule has 0 aliphatic heterocycles. The average molecular weight is 363 g/mol. The molecule has 0 aliphatic carbocycles. The molecule has 2 aromatic heterocycles. The Balaban J connectivity index is 1.59. The van der Waals surface area contributed by atoms with Crippen LogP contribution in [0.4, 0.5) is 10.8 Å². The van der Waals surface area contributed by atoms with Crippen molar-refractivity contribution in [3.8, 4) is 11.5 Å². The third-order valence-corrected chi connectivity index (χ3v) is 4.24. The van der Waals surface area contributed by atoms with Gasteiger partial charge in [-0.2, -0.15) is 0 Å². The smallest absolute Gasteiger partial charge is 0.277 e. The number of nitrogens with one attached hydrogen (secondary N) is 1. The van der Waals surface area contributed by atoms with Crippen molar-refractivity contribution < 1.29 is 14.1 Å². The first-order valence-electron chi connectivity index (χ1n) is 6.52. The lowest BCUT2D eigenvalue weighted by molar-refractivity contribution is -0.384. The van der Waals surface area contributed by atoms with E-state index < -0.39 is 4.92 Å². The lowest BCUT2D eigenvalue weighted by atomic mass is 10.2. The zero-order chi connectivity index (χ0) is 16.9. The second kappa shape index (κ2) is 7.19. The Morgan fingerprint density at radius 1 is 1.33 bits per heavy atom. The predicted molar refractivity (Wildman–Crippen MR) is 87.9 cm³/mol.